The van der Waals surface area contributed by atoms with Gasteiger partial charge in [0.05, 0.1) is 17.0 Å². The van der Waals surface area contributed by atoms with Crippen LogP contribution in [0.3, 0.4) is 0 Å². The SMILES string of the molecule is Cc1nc2cc(SN(C)c3ccc([C@@H]4C[C@H](N5CCC(F)C5)CCC4C(=O)O)cc3)ccc2n1C. The van der Waals surface area contributed by atoms with Crippen LogP contribution in [0, 0.1) is 12.8 Å². The van der Waals surface area contributed by atoms with Crippen LogP contribution in [0.4, 0.5) is 10.1 Å². The van der Waals surface area contributed by atoms with Gasteiger partial charge in [0.1, 0.15) is 12.0 Å². The number of hydrogen-bond acceptors (Lipinski definition) is 5. The van der Waals surface area contributed by atoms with Gasteiger partial charge in [-0.15, -0.1) is 0 Å². The Morgan fingerprint density at radius 3 is 2.63 bits per heavy atom. The van der Waals surface area contributed by atoms with Gasteiger partial charge in [-0.3, -0.25) is 9.69 Å². The Bertz CT molecular complexity index is 1210. The molecule has 2 fully saturated rings. The van der Waals surface area contributed by atoms with Crippen molar-refractivity contribution in [3.63, 3.8) is 0 Å². The fourth-order valence-electron chi connectivity index (χ4n) is 5.72. The first-order valence-corrected chi connectivity index (χ1v) is 13.1. The predicted molar refractivity (Wildman–Crippen MR) is 139 cm³/mol. The molecule has 186 valence electrons. The Morgan fingerprint density at radius 1 is 1.17 bits per heavy atom. The summed E-state index contributed by atoms with van der Waals surface area (Å²) in [7, 11) is 4.06. The number of carbonyl (C=O) groups is 1. The highest BCUT2D eigenvalue weighted by Crippen LogP contribution is 2.41. The van der Waals surface area contributed by atoms with Crippen molar-refractivity contribution in [3.05, 3.63) is 53.9 Å². The summed E-state index contributed by atoms with van der Waals surface area (Å²) in [5.41, 5.74) is 4.22. The summed E-state index contributed by atoms with van der Waals surface area (Å²) in [4.78, 5) is 20.0. The smallest absolute Gasteiger partial charge is 0.307 e. The van der Waals surface area contributed by atoms with E-state index in [4.69, 9.17) is 0 Å². The van der Waals surface area contributed by atoms with E-state index in [0.29, 0.717) is 19.4 Å². The fraction of sp³-hybridized carbons (Fsp3) is 0.481. The second-order valence-corrected chi connectivity index (χ2v) is 11.1. The van der Waals surface area contributed by atoms with E-state index in [2.05, 4.69) is 61.2 Å². The average molecular weight is 497 g/mol. The predicted octanol–water partition coefficient (Wildman–Crippen LogP) is 5.41. The molecule has 1 saturated heterocycles. The third-order valence-corrected chi connectivity index (χ3v) is 8.77. The van der Waals surface area contributed by atoms with Gasteiger partial charge in [0.15, 0.2) is 0 Å². The Balaban J connectivity index is 1.30. The molecular weight excluding hydrogens is 463 g/mol. The molecular formula is C27H33FN4O2S. The van der Waals surface area contributed by atoms with E-state index in [1.54, 1.807) is 11.9 Å². The van der Waals surface area contributed by atoms with Gasteiger partial charge in [0, 0.05) is 43.8 Å². The topological polar surface area (TPSA) is 61.6 Å². The first-order valence-electron chi connectivity index (χ1n) is 12.4. The summed E-state index contributed by atoms with van der Waals surface area (Å²) in [5.74, 6) is -0.173. The van der Waals surface area contributed by atoms with Gasteiger partial charge in [0.2, 0.25) is 0 Å². The number of likely N-dealkylation sites (tertiary alicyclic amines) is 1. The molecule has 4 atom stereocenters. The van der Waals surface area contributed by atoms with Gasteiger partial charge >= 0.3 is 5.97 Å². The van der Waals surface area contributed by atoms with Crippen molar-refractivity contribution in [2.45, 2.75) is 55.6 Å². The summed E-state index contributed by atoms with van der Waals surface area (Å²) < 4.78 is 18.0. The Kier molecular flexibility index (Phi) is 6.77. The molecule has 8 heteroatoms. The molecule has 1 aromatic heterocycles. The minimum Gasteiger partial charge on any atom is -0.481 e. The molecule has 0 bridgehead atoms. The largest absolute Gasteiger partial charge is 0.481 e. The summed E-state index contributed by atoms with van der Waals surface area (Å²) in [5, 5.41) is 9.87. The Labute approximate surface area is 210 Å². The molecule has 1 aliphatic heterocycles. The zero-order valence-electron chi connectivity index (χ0n) is 20.5. The molecule has 2 aromatic carbocycles. The van der Waals surface area contributed by atoms with Crippen LogP contribution in [-0.2, 0) is 11.8 Å². The lowest BCUT2D eigenvalue weighted by Crippen LogP contribution is -2.41. The van der Waals surface area contributed by atoms with Crippen LogP contribution in [0.2, 0.25) is 0 Å². The summed E-state index contributed by atoms with van der Waals surface area (Å²) in [6.45, 7) is 3.27. The minimum absolute atomic E-state index is 0.0493. The van der Waals surface area contributed by atoms with Crippen molar-refractivity contribution in [2.24, 2.45) is 13.0 Å². The standard InChI is InChI=1S/C27H33FN4O2S/c1-17-29-25-15-22(9-11-26(25)30(17)2)35-31(3)20-6-4-18(5-7-20)24-14-21(8-10-23(24)27(33)34)32-13-12-19(28)16-32/h4-7,9,11,15,19,21,23-24H,8,10,12-14,16H2,1-3H3,(H,33,34)/t19?,21-,23?,24+/m1/s1. The van der Waals surface area contributed by atoms with Crippen LogP contribution in [0.15, 0.2) is 47.4 Å². The molecule has 2 heterocycles. The molecule has 1 N–H and O–H groups in total. The lowest BCUT2D eigenvalue weighted by molar-refractivity contribution is -0.144. The van der Waals surface area contributed by atoms with Crippen molar-refractivity contribution < 1.29 is 14.3 Å². The van der Waals surface area contributed by atoms with Crippen LogP contribution in [0.1, 0.15) is 43.0 Å². The first kappa shape index (κ1) is 24.1. The Hall–Kier alpha value is -2.58. The van der Waals surface area contributed by atoms with Crippen LogP contribution in [-0.4, -0.2) is 57.9 Å². The maximum absolute atomic E-state index is 13.8. The number of aliphatic carboxylic acids is 1. The van der Waals surface area contributed by atoms with Crippen LogP contribution in [0.25, 0.3) is 11.0 Å². The molecule has 3 aromatic rings. The number of benzene rings is 2. The number of fused-ring (bicyclic) bond motifs is 1. The number of anilines is 1. The van der Waals surface area contributed by atoms with Crippen molar-refractivity contribution in [2.75, 3.05) is 24.4 Å². The summed E-state index contributed by atoms with van der Waals surface area (Å²) >= 11 is 1.64. The van der Waals surface area contributed by atoms with E-state index in [1.165, 1.54) is 0 Å². The van der Waals surface area contributed by atoms with Crippen molar-refractivity contribution in [3.8, 4) is 0 Å². The molecule has 1 aliphatic carbocycles. The number of hydrogen-bond donors (Lipinski definition) is 1. The van der Waals surface area contributed by atoms with Gasteiger partial charge in [-0.1, -0.05) is 12.1 Å². The quantitative estimate of drug-likeness (QED) is 0.461. The fourth-order valence-corrected chi connectivity index (χ4v) is 6.55. The molecule has 0 radical (unpaired) electrons. The lowest BCUT2D eigenvalue weighted by atomic mass is 9.73. The van der Waals surface area contributed by atoms with Gasteiger partial charge in [0.25, 0.3) is 0 Å². The number of aryl methyl sites for hydroxylation is 2. The third kappa shape index (κ3) is 4.91. The number of halogens is 1. The lowest BCUT2D eigenvalue weighted by Gasteiger charge is -2.38. The van der Waals surface area contributed by atoms with Gasteiger partial charge in [-0.25, -0.2) is 9.37 Å². The zero-order chi connectivity index (χ0) is 24.7. The molecule has 1 saturated carbocycles. The minimum atomic E-state index is -0.750. The normalized spacial score (nSPS) is 25.3. The summed E-state index contributed by atoms with van der Waals surface area (Å²) in [6.07, 6.45) is 2.09. The second-order valence-electron chi connectivity index (χ2n) is 9.95. The van der Waals surface area contributed by atoms with Crippen molar-refractivity contribution >= 4 is 34.6 Å². The summed E-state index contributed by atoms with van der Waals surface area (Å²) in [6, 6.07) is 14.9. The van der Waals surface area contributed by atoms with E-state index >= 15 is 0 Å². The number of aromatic nitrogens is 2. The van der Waals surface area contributed by atoms with E-state index in [-0.39, 0.29) is 17.9 Å². The van der Waals surface area contributed by atoms with E-state index < -0.39 is 12.1 Å². The van der Waals surface area contributed by atoms with Crippen molar-refractivity contribution in [1.82, 2.24) is 14.5 Å². The van der Waals surface area contributed by atoms with Crippen molar-refractivity contribution in [1.29, 1.82) is 0 Å². The zero-order valence-corrected chi connectivity index (χ0v) is 21.3. The number of nitrogens with zero attached hydrogens (tertiary/aromatic N) is 4. The van der Waals surface area contributed by atoms with Gasteiger partial charge in [-0.2, -0.15) is 0 Å². The maximum Gasteiger partial charge on any atom is 0.307 e. The molecule has 2 aliphatic rings. The van der Waals surface area contributed by atoms with Gasteiger partial charge in [-0.05, 0) is 86.4 Å². The monoisotopic (exact) mass is 496 g/mol. The first-order chi connectivity index (χ1) is 16.8. The molecule has 35 heavy (non-hydrogen) atoms. The van der Waals surface area contributed by atoms with E-state index in [1.807, 2.05) is 21.0 Å². The Morgan fingerprint density at radius 2 is 1.94 bits per heavy atom. The molecule has 0 amide bonds. The van der Waals surface area contributed by atoms with E-state index in [0.717, 1.165) is 52.4 Å². The number of carboxylic acid groups (broad SMARTS) is 1. The number of imidazole rings is 1. The highest BCUT2D eigenvalue weighted by Gasteiger charge is 2.39. The number of rotatable bonds is 6. The third-order valence-electron chi connectivity index (χ3n) is 7.82. The molecule has 6 nitrogen and oxygen atoms in total. The van der Waals surface area contributed by atoms with Crippen LogP contribution in [0.5, 0.6) is 0 Å². The van der Waals surface area contributed by atoms with Crippen LogP contribution < -0.4 is 4.31 Å². The number of carboxylic acids is 1. The van der Waals surface area contributed by atoms with Crippen LogP contribution >= 0.6 is 11.9 Å². The highest BCUT2D eigenvalue weighted by atomic mass is 32.2. The molecule has 2 unspecified atom stereocenters. The second kappa shape index (κ2) is 9.82. The van der Waals surface area contributed by atoms with Gasteiger partial charge < -0.3 is 14.0 Å². The van der Waals surface area contributed by atoms with E-state index in [9.17, 15) is 14.3 Å². The number of alkyl halides is 1. The average Bonchev–Trinajstić information content (AvgIpc) is 3.41. The highest BCUT2D eigenvalue weighted by molar-refractivity contribution is 8.00. The maximum atomic E-state index is 13.8. The molecule has 5 rings (SSSR count). The molecule has 0 spiro atoms.